The van der Waals surface area contributed by atoms with E-state index in [0.717, 1.165) is 12.8 Å². The van der Waals surface area contributed by atoms with E-state index in [1.807, 2.05) is 6.92 Å². The van der Waals surface area contributed by atoms with E-state index in [0.29, 0.717) is 5.92 Å². The zero-order chi connectivity index (χ0) is 11.4. The number of carbonyl (C=O) groups excluding carboxylic acids is 2. The fourth-order valence-electron chi connectivity index (χ4n) is 2.17. The second-order valence-electron chi connectivity index (χ2n) is 4.12. The summed E-state index contributed by atoms with van der Waals surface area (Å²) in [6, 6.07) is 0.165. The van der Waals surface area contributed by atoms with E-state index >= 15 is 0 Å². The smallest absolute Gasteiger partial charge is 0.242 e. The Kier molecular flexibility index (Phi) is 4.12. The predicted octanol–water partition coefficient (Wildman–Crippen LogP) is 0.769. The van der Waals surface area contributed by atoms with Crippen LogP contribution >= 0.6 is 0 Å². The second kappa shape index (κ2) is 5.14. The summed E-state index contributed by atoms with van der Waals surface area (Å²) in [5.74, 6) is 0.473. The minimum atomic E-state index is -0.0487. The quantitative estimate of drug-likeness (QED) is 0.748. The largest absolute Gasteiger partial charge is 0.345 e. The van der Waals surface area contributed by atoms with Gasteiger partial charge in [-0.1, -0.05) is 26.7 Å². The molecule has 0 spiro atoms. The number of hydrogen-bond donors (Lipinski definition) is 1. The van der Waals surface area contributed by atoms with Gasteiger partial charge in [0.15, 0.2) is 0 Å². The van der Waals surface area contributed by atoms with Gasteiger partial charge >= 0.3 is 0 Å². The lowest BCUT2D eigenvalue weighted by Crippen LogP contribution is -2.56. The molecule has 0 aromatic heterocycles. The van der Waals surface area contributed by atoms with Gasteiger partial charge < -0.3 is 10.2 Å². The number of nitrogens with one attached hydrogen (secondary N) is 1. The minimum Gasteiger partial charge on any atom is -0.345 e. The summed E-state index contributed by atoms with van der Waals surface area (Å²) in [6.07, 6.45) is 2.09. The molecule has 1 aliphatic rings. The molecule has 1 unspecified atom stereocenters. The Hall–Kier alpha value is -1.06. The van der Waals surface area contributed by atoms with E-state index in [1.54, 1.807) is 4.90 Å². The number of amides is 2. The van der Waals surface area contributed by atoms with E-state index in [-0.39, 0.29) is 30.9 Å². The van der Waals surface area contributed by atoms with Crippen LogP contribution in [-0.2, 0) is 9.59 Å². The van der Waals surface area contributed by atoms with Crippen molar-refractivity contribution in [3.8, 4) is 0 Å². The van der Waals surface area contributed by atoms with Crippen LogP contribution in [0.5, 0.6) is 0 Å². The third-order valence-corrected chi connectivity index (χ3v) is 3.29. The monoisotopic (exact) mass is 212 g/mol. The molecule has 2 amide bonds. The summed E-state index contributed by atoms with van der Waals surface area (Å²) in [5, 5.41) is 2.56. The van der Waals surface area contributed by atoms with Gasteiger partial charge in [0.05, 0.1) is 13.1 Å². The van der Waals surface area contributed by atoms with Crippen molar-refractivity contribution < 1.29 is 9.59 Å². The van der Waals surface area contributed by atoms with Gasteiger partial charge in [0, 0.05) is 6.04 Å². The summed E-state index contributed by atoms with van der Waals surface area (Å²) < 4.78 is 0. The van der Waals surface area contributed by atoms with Crippen LogP contribution in [0.2, 0.25) is 0 Å². The highest BCUT2D eigenvalue weighted by atomic mass is 16.2. The number of piperazine rings is 1. The van der Waals surface area contributed by atoms with Crippen molar-refractivity contribution in [1.82, 2.24) is 10.2 Å². The highest BCUT2D eigenvalue weighted by Gasteiger charge is 2.30. The van der Waals surface area contributed by atoms with Gasteiger partial charge in [-0.25, -0.2) is 0 Å². The van der Waals surface area contributed by atoms with Crippen LogP contribution in [0.25, 0.3) is 0 Å². The molecule has 1 heterocycles. The zero-order valence-corrected chi connectivity index (χ0v) is 9.75. The molecule has 15 heavy (non-hydrogen) atoms. The van der Waals surface area contributed by atoms with Crippen molar-refractivity contribution in [3.63, 3.8) is 0 Å². The Labute approximate surface area is 91.0 Å². The van der Waals surface area contributed by atoms with Gasteiger partial charge in [-0.15, -0.1) is 0 Å². The third kappa shape index (κ3) is 2.70. The molecule has 0 aromatic rings. The molecular formula is C11H20N2O2. The predicted molar refractivity (Wildman–Crippen MR) is 58.3 cm³/mol. The van der Waals surface area contributed by atoms with Gasteiger partial charge in [-0.2, -0.15) is 0 Å². The number of carbonyl (C=O) groups is 2. The standard InChI is InChI=1S/C11H20N2O2/c1-4-9(5-2)8(3)13-7-10(14)12-6-11(13)15/h8-9H,4-7H2,1-3H3,(H,12,14). The van der Waals surface area contributed by atoms with Crippen molar-refractivity contribution in [2.75, 3.05) is 13.1 Å². The Morgan fingerprint density at radius 1 is 1.33 bits per heavy atom. The normalized spacial score (nSPS) is 19.3. The van der Waals surface area contributed by atoms with Crippen LogP contribution < -0.4 is 5.32 Å². The SMILES string of the molecule is CCC(CC)C(C)N1CC(=O)NCC1=O. The molecule has 1 N–H and O–H groups in total. The maximum Gasteiger partial charge on any atom is 0.242 e. The van der Waals surface area contributed by atoms with Crippen LogP contribution in [0.15, 0.2) is 0 Å². The first-order chi connectivity index (χ1) is 7.10. The Morgan fingerprint density at radius 2 is 1.93 bits per heavy atom. The first kappa shape index (κ1) is 12.0. The van der Waals surface area contributed by atoms with E-state index < -0.39 is 0 Å². The van der Waals surface area contributed by atoms with E-state index in [1.165, 1.54) is 0 Å². The van der Waals surface area contributed by atoms with E-state index in [9.17, 15) is 9.59 Å². The van der Waals surface area contributed by atoms with E-state index in [2.05, 4.69) is 19.2 Å². The van der Waals surface area contributed by atoms with Crippen LogP contribution in [-0.4, -0.2) is 35.8 Å². The summed E-state index contributed by atoms with van der Waals surface area (Å²) in [7, 11) is 0. The highest BCUT2D eigenvalue weighted by molar-refractivity contribution is 5.92. The molecule has 1 aliphatic heterocycles. The average Bonchev–Trinajstić information content (AvgIpc) is 2.23. The Morgan fingerprint density at radius 3 is 2.47 bits per heavy atom. The fraction of sp³-hybridized carbons (Fsp3) is 0.818. The lowest BCUT2D eigenvalue weighted by atomic mass is 9.94. The lowest BCUT2D eigenvalue weighted by molar-refractivity contribution is -0.143. The molecule has 86 valence electrons. The fourth-order valence-corrected chi connectivity index (χ4v) is 2.17. The third-order valence-electron chi connectivity index (χ3n) is 3.29. The van der Waals surface area contributed by atoms with Gasteiger partial charge in [-0.05, 0) is 12.8 Å². The van der Waals surface area contributed by atoms with Crippen molar-refractivity contribution >= 4 is 11.8 Å². The molecule has 0 aromatic carbocycles. The maximum atomic E-state index is 11.6. The van der Waals surface area contributed by atoms with Crippen LogP contribution in [0, 0.1) is 5.92 Å². The first-order valence-corrected chi connectivity index (χ1v) is 5.66. The summed E-state index contributed by atoms with van der Waals surface area (Å²) in [6.45, 7) is 6.66. The minimum absolute atomic E-state index is 0.0361. The number of rotatable bonds is 4. The molecule has 4 heteroatoms. The molecule has 1 saturated heterocycles. The van der Waals surface area contributed by atoms with Crippen molar-refractivity contribution in [2.45, 2.75) is 39.7 Å². The zero-order valence-electron chi connectivity index (χ0n) is 9.75. The van der Waals surface area contributed by atoms with Crippen LogP contribution in [0.3, 0.4) is 0 Å². The molecular weight excluding hydrogens is 192 g/mol. The van der Waals surface area contributed by atoms with Crippen LogP contribution in [0.4, 0.5) is 0 Å². The second-order valence-corrected chi connectivity index (χ2v) is 4.12. The Bertz CT molecular complexity index is 249. The Balaban J connectivity index is 2.67. The van der Waals surface area contributed by atoms with Gasteiger partial charge in [0.25, 0.3) is 0 Å². The molecule has 0 radical (unpaired) electrons. The van der Waals surface area contributed by atoms with Crippen LogP contribution in [0.1, 0.15) is 33.6 Å². The molecule has 1 fully saturated rings. The molecule has 0 saturated carbocycles. The summed E-state index contributed by atoms with van der Waals surface area (Å²) in [4.78, 5) is 24.6. The van der Waals surface area contributed by atoms with Crippen molar-refractivity contribution in [3.05, 3.63) is 0 Å². The maximum absolute atomic E-state index is 11.6. The lowest BCUT2D eigenvalue weighted by Gasteiger charge is -2.36. The number of hydrogen-bond acceptors (Lipinski definition) is 2. The van der Waals surface area contributed by atoms with Gasteiger partial charge in [-0.3, -0.25) is 9.59 Å². The van der Waals surface area contributed by atoms with Gasteiger partial charge in [0.2, 0.25) is 11.8 Å². The van der Waals surface area contributed by atoms with Crippen molar-refractivity contribution in [2.24, 2.45) is 5.92 Å². The summed E-state index contributed by atoms with van der Waals surface area (Å²) in [5.41, 5.74) is 0. The molecule has 1 rings (SSSR count). The first-order valence-electron chi connectivity index (χ1n) is 5.66. The molecule has 4 nitrogen and oxygen atoms in total. The highest BCUT2D eigenvalue weighted by Crippen LogP contribution is 2.19. The van der Waals surface area contributed by atoms with E-state index in [4.69, 9.17) is 0 Å². The number of nitrogens with zero attached hydrogens (tertiary/aromatic N) is 1. The molecule has 1 atom stereocenters. The summed E-state index contributed by atoms with van der Waals surface area (Å²) >= 11 is 0. The van der Waals surface area contributed by atoms with Crippen molar-refractivity contribution in [1.29, 1.82) is 0 Å². The topological polar surface area (TPSA) is 49.4 Å². The van der Waals surface area contributed by atoms with Gasteiger partial charge in [0.1, 0.15) is 0 Å². The molecule has 0 aliphatic carbocycles. The average molecular weight is 212 g/mol. The molecule has 0 bridgehead atoms.